The zero-order valence-electron chi connectivity index (χ0n) is 12.0. The molecule has 1 unspecified atom stereocenters. The molecule has 0 aliphatic rings. The third-order valence-corrected chi connectivity index (χ3v) is 3.19. The van der Waals surface area contributed by atoms with E-state index < -0.39 is 0 Å². The van der Waals surface area contributed by atoms with E-state index in [1.807, 2.05) is 32.9 Å². The molecule has 0 aliphatic heterocycles. The van der Waals surface area contributed by atoms with Crippen molar-refractivity contribution in [1.82, 2.24) is 5.32 Å². The van der Waals surface area contributed by atoms with Gasteiger partial charge < -0.3 is 5.32 Å². The number of aryl methyl sites for hydroxylation is 2. The minimum absolute atomic E-state index is 0.0341. The molecule has 0 aliphatic carbocycles. The number of nitriles is 1. The van der Waals surface area contributed by atoms with Crippen LogP contribution >= 0.6 is 0 Å². The van der Waals surface area contributed by atoms with Gasteiger partial charge in [0.1, 0.15) is 0 Å². The molecule has 0 spiro atoms. The zero-order valence-corrected chi connectivity index (χ0v) is 12.0. The van der Waals surface area contributed by atoms with E-state index in [9.17, 15) is 10.1 Å². The number of rotatable bonds is 6. The third kappa shape index (κ3) is 4.75. The van der Waals surface area contributed by atoms with Crippen LogP contribution in [0.5, 0.6) is 0 Å². The van der Waals surface area contributed by atoms with Crippen LogP contribution in [0.15, 0.2) is 18.2 Å². The number of nitrogens with one attached hydrogen (secondary N) is 1. The van der Waals surface area contributed by atoms with Gasteiger partial charge in [0.25, 0.3) is 0 Å². The lowest BCUT2D eigenvalue weighted by molar-refractivity contribution is -0.121. The van der Waals surface area contributed by atoms with Crippen LogP contribution in [0.2, 0.25) is 0 Å². The van der Waals surface area contributed by atoms with Crippen LogP contribution in [0.3, 0.4) is 0 Å². The topological polar surface area (TPSA) is 52.9 Å². The molecular weight excluding hydrogens is 236 g/mol. The Labute approximate surface area is 115 Å². The van der Waals surface area contributed by atoms with E-state index >= 15 is 0 Å². The Kier molecular flexibility index (Phi) is 6.08. The van der Waals surface area contributed by atoms with Crippen molar-refractivity contribution < 1.29 is 4.79 Å². The van der Waals surface area contributed by atoms with Crippen molar-refractivity contribution in [2.24, 2.45) is 0 Å². The Morgan fingerprint density at radius 2 is 2.16 bits per heavy atom. The zero-order chi connectivity index (χ0) is 14.3. The lowest BCUT2D eigenvalue weighted by atomic mass is 9.91. The van der Waals surface area contributed by atoms with Gasteiger partial charge in [0.05, 0.1) is 12.0 Å². The van der Waals surface area contributed by atoms with Crippen molar-refractivity contribution in [2.75, 3.05) is 6.54 Å². The molecule has 1 aromatic carbocycles. The number of hydrogen-bond donors (Lipinski definition) is 1. The molecule has 0 fully saturated rings. The molecule has 1 amide bonds. The van der Waals surface area contributed by atoms with Gasteiger partial charge in [-0.05, 0) is 37.8 Å². The van der Waals surface area contributed by atoms with Gasteiger partial charge in [-0.1, -0.05) is 30.7 Å². The summed E-state index contributed by atoms with van der Waals surface area (Å²) in [5, 5.41) is 12.1. The summed E-state index contributed by atoms with van der Waals surface area (Å²) in [6.45, 7) is 6.79. The smallest absolute Gasteiger partial charge is 0.220 e. The van der Waals surface area contributed by atoms with E-state index in [-0.39, 0.29) is 11.8 Å². The molecule has 1 rings (SSSR count). The standard InChI is InChI=1S/C16H22N2O/c1-4-9-18-16(19)8-6-14(11-17)15-7-5-12(2)10-13(15)3/h5,7,10,14H,4,6,8-9H2,1-3H3,(H,18,19). The molecule has 0 heterocycles. The number of carbonyl (C=O) groups is 1. The predicted octanol–water partition coefficient (Wildman–Crippen LogP) is 3.22. The van der Waals surface area contributed by atoms with Gasteiger partial charge in [0, 0.05) is 13.0 Å². The average Bonchev–Trinajstić information content (AvgIpc) is 2.38. The number of hydrogen-bond acceptors (Lipinski definition) is 2. The molecule has 0 saturated carbocycles. The van der Waals surface area contributed by atoms with Crippen molar-refractivity contribution >= 4 is 5.91 Å². The first-order chi connectivity index (χ1) is 9.08. The van der Waals surface area contributed by atoms with E-state index in [1.54, 1.807) is 0 Å². The van der Waals surface area contributed by atoms with Crippen molar-refractivity contribution in [3.8, 4) is 6.07 Å². The first-order valence-electron chi connectivity index (χ1n) is 6.82. The number of amides is 1. The Morgan fingerprint density at radius 3 is 2.74 bits per heavy atom. The maximum atomic E-state index is 11.6. The van der Waals surface area contributed by atoms with Gasteiger partial charge in [-0.2, -0.15) is 5.26 Å². The van der Waals surface area contributed by atoms with Gasteiger partial charge >= 0.3 is 0 Å². The van der Waals surface area contributed by atoms with Crippen LogP contribution in [0.25, 0.3) is 0 Å². The first-order valence-corrected chi connectivity index (χ1v) is 6.82. The number of benzene rings is 1. The van der Waals surface area contributed by atoms with Crippen molar-refractivity contribution in [3.63, 3.8) is 0 Å². The summed E-state index contributed by atoms with van der Waals surface area (Å²) in [5.74, 6) is -0.167. The number of carbonyl (C=O) groups excluding carboxylic acids is 1. The summed E-state index contributed by atoms with van der Waals surface area (Å²) in [4.78, 5) is 11.6. The van der Waals surface area contributed by atoms with Crippen LogP contribution in [0.1, 0.15) is 48.8 Å². The second-order valence-electron chi connectivity index (χ2n) is 4.93. The lowest BCUT2D eigenvalue weighted by Gasteiger charge is -2.13. The Morgan fingerprint density at radius 1 is 1.42 bits per heavy atom. The normalized spacial score (nSPS) is 11.7. The Hall–Kier alpha value is -1.82. The Balaban J connectivity index is 2.64. The molecule has 3 heteroatoms. The molecule has 1 atom stereocenters. The molecule has 1 N–H and O–H groups in total. The second kappa shape index (κ2) is 7.58. The van der Waals surface area contributed by atoms with E-state index in [0.717, 1.165) is 17.5 Å². The summed E-state index contributed by atoms with van der Waals surface area (Å²) < 4.78 is 0. The summed E-state index contributed by atoms with van der Waals surface area (Å²) in [7, 11) is 0. The molecule has 19 heavy (non-hydrogen) atoms. The molecule has 1 aromatic rings. The summed E-state index contributed by atoms with van der Waals surface area (Å²) >= 11 is 0. The highest BCUT2D eigenvalue weighted by atomic mass is 16.1. The van der Waals surface area contributed by atoms with Gasteiger partial charge in [-0.15, -0.1) is 0 Å². The first kappa shape index (κ1) is 15.2. The minimum atomic E-state index is -0.201. The second-order valence-corrected chi connectivity index (χ2v) is 4.93. The predicted molar refractivity (Wildman–Crippen MR) is 76.8 cm³/mol. The quantitative estimate of drug-likeness (QED) is 0.851. The fraction of sp³-hybridized carbons (Fsp3) is 0.500. The minimum Gasteiger partial charge on any atom is -0.356 e. The summed E-state index contributed by atoms with van der Waals surface area (Å²) in [6, 6.07) is 8.41. The van der Waals surface area contributed by atoms with Crippen LogP contribution in [0, 0.1) is 25.2 Å². The Bertz CT molecular complexity index is 474. The molecule has 0 bridgehead atoms. The van der Waals surface area contributed by atoms with Crippen LogP contribution in [-0.4, -0.2) is 12.5 Å². The van der Waals surface area contributed by atoms with Crippen molar-refractivity contribution in [3.05, 3.63) is 34.9 Å². The van der Waals surface area contributed by atoms with Gasteiger partial charge in [-0.25, -0.2) is 0 Å². The molecule has 0 radical (unpaired) electrons. The highest BCUT2D eigenvalue weighted by Crippen LogP contribution is 2.24. The highest BCUT2D eigenvalue weighted by Gasteiger charge is 2.14. The third-order valence-electron chi connectivity index (χ3n) is 3.19. The van der Waals surface area contributed by atoms with Crippen molar-refractivity contribution in [2.45, 2.75) is 46.0 Å². The van der Waals surface area contributed by atoms with E-state index in [1.165, 1.54) is 5.56 Å². The van der Waals surface area contributed by atoms with Crippen LogP contribution < -0.4 is 5.32 Å². The van der Waals surface area contributed by atoms with Gasteiger partial charge in [-0.3, -0.25) is 4.79 Å². The highest BCUT2D eigenvalue weighted by molar-refractivity contribution is 5.75. The van der Waals surface area contributed by atoms with E-state index in [2.05, 4.69) is 17.5 Å². The maximum Gasteiger partial charge on any atom is 0.220 e. The molecule has 0 saturated heterocycles. The molecule has 3 nitrogen and oxygen atoms in total. The van der Waals surface area contributed by atoms with E-state index in [4.69, 9.17) is 0 Å². The molecule has 102 valence electrons. The van der Waals surface area contributed by atoms with E-state index in [0.29, 0.717) is 19.4 Å². The number of nitrogens with zero attached hydrogens (tertiary/aromatic N) is 1. The average molecular weight is 258 g/mol. The maximum absolute atomic E-state index is 11.6. The molecular formula is C16H22N2O. The SMILES string of the molecule is CCCNC(=O)CCC(C#N)c1ccc(C)cc1C. The fourth-order valence-corrected chi connectivity index (χ4v) is 2.13. The summed E-state index contributed by atoms with van der Waals surface area (Å²) in [6.07, 6.45) is 1.92. The molecule has 0 aromatic heterocycles. The monoisotopic (exact) mass is 258 g/mol. The van der Waals surface area contributed by atoms with Crippen molar-refractivity contribution in [1.29, 1.82) is 5.26 Å². The van der Waals surface area contributed by atoms with Gasteiger partial charge in [0.2, 0.25) is 5.91 Å². The lowest BCUT2D eigenvalue weighted by Crippen LogP contribution is -2.24. The van der Waals surface area contributed by atoms with Crippen LogP contribution in [0.4, 0.5) is 0 Å². The summed E-state index contributed by atoms with van der Waals surface area (Å²) in [5.41, 5.74) is 3.36. The van der Waals surface area contributed by atoms with Gasteiger partial charge in [0.15, 0.2) is 0 Å². The largest absolute Gasteiger partial charge is 0.356 e. The fourth-order valence-electron chi connectivity index (χ4n) is 2.13. The van der Waals surface area contributed by atoms with Crippen LogP contribution in [-0.2, 0) is 4.79 Å².